The molecule has 0 aliphatic rings. The van der Waals surface area contributed by atoms with Crippen molar-refractivity contribution in [2.75, 3.05) is 26.0 Å². The van der Waals surface area contributed by atoms with E-state index in [1.165, 1.54) is 12.4 Å². The average Bonchev–Trinajstić information content (AvgIpc) is 2.56. The van der Waals surface area contributed by atoms with Gasteiger partial charge in [0, 0.05) is 11.6 Å². The number of rotatable bonds is 5. The number of aromatic nitrogens is 2. The Balaban J connectivity index is 1.90. The van der Waals surface area contributed by atoms with Gasteiger partial charge in [0.15, 0.2) is 0 Å². The molecule has 1 N–H and O–H groups in total. The van der Waals surface area contributed by atoms with E-state index in [0.717, 1.165) is 5.56 Å². The number of nitrogens with one attached hydrogen (secondary N) is 1. The first-order valence-corrected chi connectivity index (χ1v) is 7.99. The zero-order valence-corrected chi connectivity index (χ0v) is 14.3. The second kappa shape index (κ2) is 7.11. The molecule has 3 aromatic rings. The van der Waals surface area contributed by atoms with Gasteiger partial charge in [-0.2, -0.15) is 0 Å². The zero-order chi connectivity index (χ0) is 17.1. The van der Waals surface area contributed by atoms with E-state index in [9.17, 15) is 4.39 Å². The molecular weight excluding hydrogens is 327 g/mol. The van der Waals surface area contributed by atoms with E-state index in [4.69, 9.17) is 11.6 Å². The maximum Gasteiger partial charge on any atom is 0.140 e. The Bertz CT molecular complexity index is 848. The molecule has 0 fully saturated rings. The summed E-state index contributed by atoms with van der Waals surface area (Å²) in [6.07, 6.45) is 1.43. The minimum atomic E-state index is -0.338. The maximum atomic E-state index is 14.2. The van der Waals surface area contributed by atoms with Crippen molar-refractivity contribution < 1.29 is 4.39 Å². The molecule has 0 radical (unpaired) electrons. The summed E-state index contributed by atoms with van der Waals surface area (Å²) in [7, 11) is 3.96. The lowest BCUT2D eigenvalue weighted by Crippen LogP contribution is -2.27. The van der Waals surface area contributed by atoms with Crippen LogP contribution in [0.3, 0.4) is 0 Å². The number of halogens is 2. The molecule has 0 saturated heterocycles. The SMILES string of the molecule is CN(C)C(CNc1ncnc2cccc(F)c12)c1ccccc1Cl. The smallest absolute Gasteiger partial charge is 0.140 e. The highest BCUT2D eigenvalue weighted by atomic mass is 35.5. The lowest BCUT2D eigenvalue weighted by Gasteiger charge is -2.26. The van der Waals surface area contributed by atoms with E-state index in [0.29, 0.717) is 28.3 Å². The van der Waals surface area contributed by atoms with Crippen LogP contribution in [0, 0.1) is 5.82 Å². The molecule has 124 valence electrons. The Morgan fingerprint density at radius 1 is 1.12 bits per heavy atom. The number of hydrogen-bond donors (Lipinski definition) is 1. The Kier molecular flexibility index (Phi) is 4.92. The highest BCUT2D eigenvalue weighted by molar-refractivity contribution is 6.31. The zero-order valence-electron chi connectivity index (χ0n) is 13.5. The average molecular weight is 345 g/mol. The van der Waals surface area contributed by atoms with Gasteiger partial charge in [-0.15, -0.1) is 0 Å². The summed E-state index contributed by atoms with van der Waals surface area (Å²) in [6, 6.07) is 12.6. The van der Waals surface area contributed by atoms with Gasteiger partial charge >= 0.3 is 0 Å². The topological polar surface area (TPSA) is 41.0 Å². The molecule has 0 spiro atoms. The number of anilines is 1. The molecule has 1 unspecified atom stereocenters. The van der Waals surface area contributed by atoms with Crippen LogP contribution in [-0.2, 0) is 0 Å². The first-order chi connectivity index (χ1) is 11.6. The van der Waals surface area contributed by atoms with Gasteiger partial charge in [0.2, 0.25) is 0 Å². The van der Waals surface area contributed by atoms with Crippen molar-refractivity contribution in [3.63, 3.8) is 0 Å². The van der Waals surface area contributed by atoms with Gasteiger partial charge < -0.3 is 10.2 Å². The molecule has 1 heterocycles. The second-order valence-electron chi connectivity index (χ2n) is 5.74. The van der Waals surface area contributed by atoms with E-state index in [2.05, 4.69) is 20.2 Å². The molecule has 1 atom stereocenters. The molecule has 0 amide bonds. The number of nitrogens with zero attached hydrogens (tertiary/aromatic N) is 3. The van der Waals surface area contributed by atoms with E-state index in [-0.39, 0.29) is 11.9 Å². The monoisotopic (exact) mass is 344 g/mol. The van der Waals surface area contributed by atoms with Crippen molar-refractivity contribution in [3.05, 3.63) is 65.2 Å². The van der Waals surface area contributed by atoms with E-state index >= 15 is 0 Å². The van der Waals surface area contributed by atoms with Crippen LogP contribution in [0.1, 0.15) is 11.6 Å². The number of benzene rings is 2. The fourth-order valence-electron chi connectivity index (χ4n) is 2.71. The van der Waals surface area contributed by atoms with Crippen LogP contribution in [0.5, 0.6) is 0 Å². The van der Waals surface area contributed by atoms with Crippen molar-refractivity contribution in [1.29, 1.82) is 0 Å². The van der Waals surface area contributed by atoms with Crippen molar-refractivity contribution >= 4 is 28.3 Å². The van der Waals surface area contributed by atoms with Gasteiger partial charge in [0.1, 0.15) is 18.0 Å². The van der Waals surface area contributed by atoms with Crippen molar-refractivity contribution in [2.45, 2.75) is 6.04 Å². The first-order valence-electron chi connectivity index (χ1n) is 7.62. The Labute approximate surface area is 145 Å². The minimum absolute atomic E-state index is 0.0236. The molecule has 3 rings (SSSR count). The van der Waals surface area contributed by atoms with Gasteiger partial charge in [-0.1, -0.05) is 35.9 Å². The predicted octanol–water partition coefficient (Wildman–Crippen LogP) is 4.14. The molecule has 0 aliphatic carbocycles. The molecule has 0 saturated carbocycles. The summed E-state index contributed by atoms with van der Waals surface area (Å²) in [5, 5.41) is 4.35. The van der Waals surface area contributed by atoms with Gasteiger partial charge in [0.05, 0.1) is 16.9 Å². The third-order valence-corrected chi connectivity index (χ3v) is 4.31. The van der Waals surface area contributed by atoms with E-state index in [1.54, 1.807) is 12.1 Å². The lowest BCUT2D eigenvalue weighted by atomic mass is 10.1. The van der Waals surface area contributed by atoms with Crippen molar-refractivity contribution in [3.8, 4) is 0 Å². The van der Waals surface area contributed by atoms with Crippen LogP contribution in [0.4, 0.5) is 10.2 Å². The Hall–Kier alpha value is -2.24. The molecule has 0 bridgehead atoms. The van der Waals surface area contributed by atoms with E-state index < -0.39 is 0 Å². The molecular formula is C18H18ClFN4. The molecule has 1 aromatic heterocycles. The highest BCUT2D eigenvalue weighted by Gasteiger charge is 2.18. The molecule has 6 heteroatoms. The molecule has 24 heavy (non-hydrogen) atoms. The van der Waals surface area contributed by atoms with Crippen LogP contribution in [0.25, 0.3) is 10.9 Å². The van der Waals surface area contributed by atoms with Gasteiger partial charge in [-0.3, -0.25) is 0 Å². The normalized spacial score (nSPS) is 12.5. The largest absolute Gasteiger partial charge is 0.367 e. The first kappa shape index (κ1) is 16.6. The Morgan fingerprint density at radius 2 is 1.92 bits per heavy atom. The van der Waals surface area contributed by atoms with Crippen LogP contribution in [0.15, 0.2) is 48.8 Å². The third kappa shape index (κ3) is 3.32. The summed E-state index contributed by atoms with van der Waals surface area (Å²) >= 11 is 6.33. The summed E-state index contributed by atoms with van der Waals surface area (Å²) in [5.74, 6) is 0.145. The number of hydrogen-bond acceptors (Lipinski definition) is 4. The van der Waals surface area contributed by atoms with Crippen LogP contribution < -0.4 is 5.32 Å². The Morgan fingerprint density at radius 3 is 2.67 bits per heavy atom. The fourth-order valence-corrected chi connectivity index (χ4v) is 2.97. The summed E-state index contributed by atoms with van der Waals surface area (Å²) in [6.45, 7) is 0.539. The number of likely N-dealkylation sites (N-methyl/N-ethyl adjacent to an activating group) is 1. The molecule has 2 aromatic carbocycles. The third-order valence-electron chi connectivity index (χ3n) is 3.96. The van der Waals surface area contributed by atoms with Crippen LogP contribution in [-0.4, -0.2) is 35.5 Å². The van der Waals surface area contributed by atoms with Gasteiger partial charge in [-0.25, -0.2) is 14.4 Å². The molecule has 0 aliphatic heterocycles. The van der Waals surface area contributed by atoms with Crippen molar-refractivity contribution in [1.82, 2.24) is 14.9 Å². The second-order valence-corrected chi connectivity index (χ2v) is 6.15. The highest BCUT2D eigenvalue weighted by Crippen LogP contribution is 2.28. The minimum Gasteiger partial charge on any atom is -0.367 e. The standard InChI is InChI=1S/C18H18ClFN4/c1-24(2)16(12-6-3-4-7-13(12)19)10-21-18-17-14(20)8-5-9-15(17)22-11-23-18/h3-9,11,16H,10H2,1-2H3,(H,21,22,23). The fraction of sp³-hybridized carbons (Fsp3) is 0.222. The van der Waals surface area contributed by atoms with Gasteiger partial charge in [-0.05, 0) is 37.9 Å². The lowest BCUT2D eigenvalue weighted by molar-refractivity contribution is 0.312. The van der Waals surface area contributed by atoms with Gasteiger partial charge in [0.25, 0.3) is 0 Å². The summed E-state index contributed by atoms with van der Waals surface area (Å²) in [4.78, 5) is 10.4. The quantitative estimate of drug-likeness (QED) is 0.755. The van der Waals surface area contributed by atoms with E-state index in [1.807, 2.05) is 38.4 Å². The molecule has 4 nitrogen and oxygen atoms in total. The van der Waals surface area contributed by atoms with Crippen molar-refractivity contribution in [2.24, 2.45) is 0 Å². The van der Waals surface area contributed by atoms with Crippen LogP contribution >= 0.6 is 11.6 Å². The van der Waals surface area contributed by atoms with Crippen LogP contribution in [0.2, 0.25) is 5.02 Å². The summed E-state index contributed by atoms with van der Waals surface area (Å²) < 4.78 is 14.2. The number of fused-ring (bicyclic) bond motifs is 1. The summed E-state index contributed by atoms with van der Waals surface area (Å²) in [5.41, 5.74) is 1.59. The maximum absolute atomic E-state index is 14.2. The predicted molar refractivity (Wildman–Crippen MR) is 95.9 cm³/mol.